The van der Waals surface area contributed by atoms with Gasteiger partial charge in [0.2, 0.25) is 0 Å². The van der Waals surface area contributed by atoms with Crippen molar-refractivity contribution in [2.45, 2.75) is 19.6 Å². The molecule has 0 aliphatic heterocycles. The first-order valence-corrected chi connectivity index (χ1v) is 5.59. The quantitative estimate of drug-likeness (QED) is 0.880. The molecule has 2 rings (SSSR count). The van der Waals surface area contributed by atoms with Gasteiger partial charge in [0.25, 0.3) is 0 Å². The van der Waals surface area contributed by atoms with E-state index in [0.29, 0.717) is 22.8 Å². The first-order valence-electron chi connectivity index (χ1n) is 5.59. The van der Waals surface area contributed by atoms with Gasteiger partial charge in [-0.15, -0.1) is 0 Å². The summed E-state index contributed by atoms with van der Waals surface area (Å²) in [4.78, 5) is 0. The van der Waals surface area contributed by atoms with E-state index < -0.39 is 6.10 Å². The fourth-order valence-electron chi connectivity index (χ4n) is 1.58. The lowest BCUT2D eigenvalue weighted by Gasteiger charge is -2.13. The third kappa shape index (κ3) is 2.81. The van der Waals surface area contributed by atoms with E-state index in [2.05, 4.69) is 5.16 Å². The van der Waals surface area contributed by atoms with Crippen LogP contribution in [-0.2, 0) is 6.61 Å². The Kier molecular flexibility index (Phi) is 3.84. The van der Waals surface area contributed by atoms with Gasteiger partial charge in [0, 0.05) is 17.7 Å². The molecule has 1 aromatic heterocycles. The van der Waals surface area contributed by atoms with E-state index in [1.807, 2.05) is 0 Å². The number of benzene rings is 1. The molecule has 5 heteroatoms. The SMILES string of the molecule is COc1ccc([C@@H](C)O)c(OCc2ccno2)c1. The topological polar surface area (TPSA) is 64.7 Å². The van der Waals surface area contributed by atoms with Crippen LogP contribution in [0.15, 0.2) is 35.0 Å². The van der Waals surface area contributed by atoms with E-state index in [0.717, 1.165) is 0 Å². The number of aromatic nitrogens is 1. The molecule has 0 radical (unpaired) electrons. The van der Waals surface area contributed by atoms with E-state index in [1.54, 1.807) is 44.5 Å². The Morgan fingerprint density at radius 2 is 2.22 bits per heavy atom. The summed E-state index contributed by atoms with van der Waals surface area (Å²) in [6.07, 6.45) is 0.945. The molecule has 0 unspecified atom stereocenters. The van der Waals surface area contributed by atoms with Crippen LogP contribution in [0.3, 0.4) is 0 Å². The Morgan fingerprint density at radius 1 is 1.39 bits per heavy atom. The van der Waals surface area contributed by atoms with Crippen molar-refractivity contribution in [1.82, 2.24) is 5.16 Å². The highest BCUT2D eigenvalue weighted by atomic mass is 16.5. The van der Waals surface area contributed by atoms with Gasteiger partial charge in [-0.3, -0.25) is 0 Å². The molecule has 0 aliphatic carbocycles. The highest BCUT2D eigenvalue weighted by molar-refractivity contribution is 5.41. The molecule has 1 atom stereocenters. The molecule has 0 amide bonds. The average molecular weight is 249 g/mol. The van der Waals surface area contributed by atoms with Crippen LogP contribution >= 0.6 is 0 Å². The van der Waals surface area contributed by atoms with Gasteiger partial charge >= 0.3 is 0 Å². The van der Waals surface area contributed by atoms with Crippen molar-refractivity contribution in [2.75, 3.05) is 7.11 Å². The molecule has 0 saturated carbocycles. The van der Waals surface area contributed by atoms with Gasteiger partial charge in [-0.05, 0) is 19.1 Å². The highest BCUT2D eigenvalue weighted by Crippen LogP contribution is 2.30. The van der Waals surface area contributed by atoms with E-state index >= 15 is 0 Å². The Morgan fingerprint density at radius 3 is 2.83 bits per heavy atom. The van der Waals surface area contributed by atoms with Crippen LogP contribution in [0.1, 0.15) is 24.4 Å². The zero-order valence-corrected chi connectivity index (χ0v) is 10.3. The van der Waals surface area contributed by atoms with Crippen LogP contribution < -0.4 is 9.47 Å². The lowest BCUT2D eigenvalue weighted by atomic mass is 10.1. The molecule has 0 bridgehead atoms. The molecular weight excluding hydrogens is 234 g/mol. The zero-order valence-electron chi connectivity index (χ0n) is 10.3. The Hall–Kier alpha value is -2.01. The van der Waals surface area contributed by atoms with Crippen LogP contribution in [0.4, 0.5) is 0 Å². The highest BCUT2D eigenvalue weighted by Gasteiger charge is 2.11. The van der Waals surface area contributed by atoms with E-state index in [4.69, 9.17) is 14.0 Å². The number of hydrogen-bond donors (Lipinski definition) is 1. The van der Waals surface area contributed by atoms with Crippen molar-refractivity contribution in [2.24, 2.45) is 0 Å². The minimum atomic E-state index is -0.611. The van der Waals surface area contributed by atoms with E-state index in [-0.39, 0.29) is 6.61 Å². The Balaban J connectivity index is 2.18. The lowest BCUT2D eigenvalue weighted by Crippen LogP contribution is -2.01. The number of hydrogen-bond acceptors (Lipinski definition) is 5. The van der Waals surface area contributed by atoms with Gasteiger partial charge in [0.1, 0.15) is 18.1 Å². The minimum Gasteiger partial charge on any atom is -0.497 e. The summed E-state index contributed by atoms with van der Waals surface area (Å²) in [6, 6.07) is 7.02. The summed E-state index contributed by atoms with van der Waals surface area (Å²) in [5.74, 6) is 1.86. The predicted octanol–water partition coefficient (Wildman–Crippen LogP) is 2.32. The van der Waals surface area contributed by atoms with Crippen LogP contribution in [0, 0.1) is 0 Å². The normalized spacial score (nSPS) is 12.2. The third-order valence-corrected chi connectivity index (χ3v) is 2.53. The maximum absolute atomic E-state index is 9.67. The number of methoxy groups -OCH3 is 1. The molecule has 0 saturated heterocycles. The van der Waals surface area contributed by atoms with Gasteiger partial charge in [0.05, 0.1) is 19.4 Å². The maximum Gasteiger partial charge on any atom is 0.174 e. The number of nitrogens with zero attached hydrogens (tertiary/aromatic N) is 1. The third-order valence-electron chi connectivity index (χ3n) is 2.53. The summed E-state index contributed by atoms with van der Waals surface area (Å²) in [7, 11) is 1.58. The maximum atomic E-state index is 9.67. The zero-order chi connectivity index (χ0) is 13.0. The first-order chi connectivity index (χ1) is 8.70. The average Bonchev–Trinajstić information content (AvgIpc) is 2.88. The van der Waals surface area contributed by atoms with Crippen molar-refractivity contribution in [3.05, 3.63) is 41.8 Å². The number of ether oxygens (including phenoxy) is 2. The molecule has 0 aliphatic rings. The van der Waals surface area contributed by atoms with Gasteiger partial charge in [-0.1, -0.05) is 5.16 Å². The van der Waals surface area contributed by atoms with E-state index in [1.165, 1.54) is 0 Å². The smallest absolute Gasteiger partial charge is 0.174 e. The second kappa shape index (κ2) is 5.55. The monoisotopic (exact) mass is 249 g/mol. The van der Waals surface area contributed by atoms with E-state index in [9.17, 15) is 5.11 Å². The van der Waals surface area contributed by atoms with Crippen LogP contribution in [-0.4, -0.2) is 17.4 Å². The van der Waals surface area contributed by atoms with Crippen molar-refractivity contribution in [3.8, 4) is 11.5 Å². The predicted molar refractivity (Wildman–Crippen MR) is 64.5 cm³/mol. The summed E-state index contributed by atoms with van der Waals surface area (Å²) in [5, 5.41) is 13.3. The molecule has 0 fully saturated rings. The molecule has 1 heterocycles. The Labute approximate surface area is 105 Å². The van der Waals surface area contributed by atoms with Crippen LogP contribution in [0.2, 0.25) is 0 Å². The van der Waals surface area contributed by atoms with Gasteiger partial charge < -0.3 is 19.1 Å². The summed E-state index contributed by atoms with van der Waals surface area (Å²) in [6.45, 7) is 1.94. The van der Waals surface area contributed by atoms with Crippen LogP contribution in [0.25, 0.3) is 0 Å². The van der Waals surface area contributed by atoms with Crippen molar-refractivity contribution < 1.29 is 19.1 Å². The van der Waals surface area contributed by atoms with Gasteiger partial charge in [-0.25, -0.2) is 0 Å². The summed E-state index contributed by atoms with van der Waals surface area (Å²) < 4.78 is 15.7. The molecule has 96 valence electrons. The fourth-order valence-corrected chi connectivity index (χ4v) is 1.58. The fraction of sp³-hybridized carbons (Fsp3) is 0.308. The number of rotatable bonds is 5. The largest absolute Gasteiger partial charge is 0.497 e. The number of aliphatic hydroxyl groups excluding tert-OH is 1. The summed E-state index contributed by atoms with van der Waals surface area (Å²) in [5.41, 5.74) is 0.704. The minimum absolute atomic E-state index is 0.257. The number of aliphatic hydroxyl groups is 1. The lowest BCUT2D eigenvalue weighted by molar-refractivity contribution is 0.186. The van der Waals surface area contributed by atoms with Crippen molar-refractivity contribution in [1.29, 1.82) is 0 Å². The van der Waals surface area contributed by atoms with Gasteiger partial charge in [0.15, 0.2) is 5.76 Å². The Bertz CT molecular complexity index is 494. The van der Waals surface area contributed by atoms with Gasteiger partial charge in [-0.2, -0.15) is 0 Å². The van der Waals surface area contributed by atoms with Crippen molar-refractivity contribution >= 4 is 0 Å². The molecular formula is C13H15NO4. The molecule has 18 heavy (non-hydrogen) atoms. The van der Waals surface area contributed by atoms with Crippen LogP contribution in [0.5, 0.6) is 11.5 Å². The van der Waals surface area contributed by atoms with Crippen molar-refractivity contribution in [3.63, 3.8) is 0 Å². The molecule has 5 nitrogen and oxygen atoms in total. The summed E-state index contributed by atoms with van der Waals surface area (Å²) >= 11 is 0. The molecule has 2 aromatic rings. The standard InChI is InChI=1S/C13H15NO4/c1-9(15)12-4-3-10(16-2)7-13(12)17-8-11-5-6-14-18-11/h3-7,9,15H,8H2,1-2H3/t9-/m1/s1. The first kappa shape index (κ1) is 12.4. The molecule has 1 aromatic carbocycles. The second-order valence-corrected chi connectivity index (χ2v) is 3.85. The second-order valence-electron chi connectivity index (χ2n) is 3.85. The molecule has 0 spiro atoms. The molecule has 1 N–H and O–H groups in total.